The van der Waals surface area contributed by atoms with Gasteiger partial charge in [0.25, 0.3) is 0 Å². The Bertz CT molecular complexity index is 3720. The van der Waals surface area contributed by atoms with Crippen LogP contribution in [0.5, 0.6) is 5.75 Å². The summed E-state index contributed by atoms with van der Waals surface area (Å²) in [5.74, 6) is 0.820. The number of nitrogens with zero attached hydrogens (tertiary/aromatic N) is 3. The molecule has 0 aliphatic carbocycles. The molecule has 0 saturated carbocycles. The normalized spacial score (nSPS) is 13.3. The fourth-order valence-electron chi connectivity index (χ4n) is 9.51. The van der Waals surface area contributed by atoms with Gasteiger partial charge in [-0.25, -0.2) is 4.98 Å². The number of hydrogen-bond donors (Lipinski definition) is 1. The van der Waals surface area contributed by atoms with Crippen LogP contribution < -0.4 is 0 Å². The second-order valence-corrected chi connectivity index (χ2v) is 25.2. The van der Waals surface area contributed by atoms with Gasteiger partial charge in [0.05, 0.1) is 27.8 Å². The number of phenols is 1. The Morgan fingerprint density at radius 3 is 1.66 bits per heavy atom. The zero-order chi connectivity index (χ0) is 56.1. The number of hydrogen-bond acceptors (Lipinski definition) is 3. The fourth-order valence-corrected chi connectivity index (χ4v) is 9.51. The molecule has 7 aromatic carbocycles. The first-order valence-electron chi connectivity index (χ1n) is 27.7. The van der Waals surface area contributed by atoms with Gasteiger partial charge < -0.3 is 5.11 Å². The van der Waals surface area contributed by atoms with Gasteiger partial charge in [0.2, 0.25) is 0 Å². The van der Waals surface area contributed by atoms with E-state index in [0.717, 1.165) is 61.2 Å². The Kier molecular flexibility index (Phi) is 13.0. The molecule has 0 fully saturated rings. The SMILES string of the molecule is [2H]c1c([2H])c(C(C)(C)C)c([2H])c([2H])c1-c1ccnc(-c2[c-]c(-c3cccc4c3nc(-c3cc(C(C)(C)C)cc(C(C)(C)C)c3O)n4-c3ccc(-c4cc(C(C)(C)C)cc(C(C)(C)C)c4)cc3C)cc(-c3ccccc3)c2)c1.[Pt]. The predicted molar refractivity (Wildman–Crippen MR) is 310 cm³/mol. The van der Waals surface area contributed by atoms with Gasteiger partial charge in [-0.1, -0.05) is 224 Å². The monoisotopic (exact) mass is 1160 g/mol. The number of aromatic nitrogens is 3. The molecule has 2 heterocycles. The van der Waals surface area contributed by atoms with E-state index in [4.69, 9.17) is 15.5 Å². The van der Waals surface area contributed by atoms with Crippen LogP contribution in [0.25, 0.3) is 83.9 Å². The summed E-state index contributed by atoms with van der Waals surface area (Å²) in [5, 5.41) is 12.6. The van der Waals surface area contributed by atoms with Gasteiger partial charge in [0.1, 0.15) is 11.6 Å². The minimum absolute atomic E-state index is 0. The molecule has 0 aliphatic rings. The first-order chi connectivity index (χ1) is 35.8. The number of imidazole rings is 1. The van der Waals surface area contributed by atoms with E-state index in [9.17, 15) is 5.11 Å². The zero-order valence-electron chi connectivity index (χ0n) is 50.2. The molecular formula is C69H74N3OPt-. The molecule has 5 heteroatoms. The van der Waals surface area contributed by atoms with E-state index in [2.05, 4.69) is 192 Å². The van der Waals surface area contributed by atoms with Gasteiger partial charge in [-0.15, -0.1) is 23.8 Å². The van der Waals surface area contributed by atoms with Crippen LogP contribution >= 0.6 is 0 Å². The largest absolute Gasteiger partial charge is 0.507 e. The third-order valence-corrected chi connectivity index (χ3v) is 14.1. The second kappa shape index (κ2) is 19.7. The summed E-state index contributed by atoms with van der Waals surface area (Å²) in [6, 6.07) is 45.7. The van der Waals surface area contributed by atoms with Crippen molar-refractivity contribution in [2.75, 3.05) is 0 Å². The van der Waals surface area contributed by atoms with E-state index in [1.165, 1.54) is 16.7 Å². The summed E-state index contributed by atoms with van der Waals surface area (Å²) < 4.78 is 38.5. The number of benzene rings is 7. The first-order valence-corrected chi connectivity index (χ1v) is 25.7. The summed E-state index contributed by atoms with van der Waals surface area (Å²) in [4.78, 5) is 10.5. The molecule has 382 valence electrons. The van der Waals surface area contributed by atoms with Crippen LogP contribution in [0.15, 0.2) is 152 Å². The van der Waals surface area contributed by atoms with Crippen molar-refractivity contribution in [2.45, 2.75) is 138 Å². The minimum atomic E-state index is -0.587. The van der Waals surface area contributed by atoms with Gasteiger partial charge in [-0.2, -0.15) is 0 Å². The maximum atomic E-state index is 12.6. The van der Waals surface area contributed by atoms with Crippen LogP contribution in [0, 0.1) is 13.0 Å². The van der Waals surface area contributed by atoms with Gasteiger partial charge in [0.15, 0.2) is 0 Å². The number of fused-ring (bicyclic) bond motifs is 1. The van der Waals surface area contributed by atoms with Crippen LogP contribution in [0.2, 0.25) is 0 Å². The summed E-state index contributed by atoms with van der Waals surface area (Å²) in [5.41, 5.74) is 15.7. The Morgan fingerprint density at radius 1 is 0.486 bits per heavy atom. The van der Waals surface area contributed by atoms with Gasteiger partial charge in [-0.3, -0.25) is 9.55 Å². The van der Waals surface area contributed by atoms with Crippen LogP contribution in [0.1, 0.15) is 143 Å². The number of para-hydroxylation sites is 1. The summed E-state index contributed by atoms with van der Waals surface area (Å²) in [6.07, 6.45) is 1.66. The van der Waals surface area contributed by atoms with E-state index in [-0.39, 0.29) is 78.2 Å². The van der Waals surface area contributed by atoms with E-state index in [0.29, 0.717) is 33.8 Å². The smallest absolute Gasteiger partial charge is 0.148 e. The number of phenolic OH excluding ortho intramolecular Hbond substituents is 1. The van der Waals surface area contributed by atoms with Crippen LogP contribution in [0.3, 0.4) is 0 Å². The fraction of sp³-hybridized carbons (Fsp3) is 0.304. The summed E-state index contributed by atoms with van der Waals surface area (Å²) >= 11 is 0. The molecule has 0 amide bonds. The molecule has 9 aromatic rings. The van der Waals surface area contributed by atoms with Gasteiger partial charge in [0, 0.05) is 38.5 Å². The van der Waals surface area contributed by atoms with Gasteiger partial charge >= 0.3 is 0 Å². The van der Waals surface area contributed by atoms with Crippen molar-refractivity contribution >= 4 is 11.0 Å². The molecule has 1 N–H and O–H groups in total. The Balaban J connectivity index is 0.00000803. The van der Waals surface area contributed by atoms with Crippen LogP contribution in [-0.4, -0.2) is 19.6 Å². The number of aryl methyl sites for hydroxylation is 1. The van der Waals surface area contributed by atoms with E-state index >= 15 is 0 Å². The standard InChI is InChI=1S/C69H74N3O.Pt/c1-43-33-46(49-37-53(66(5,6)7)40-54(38-49)67(8,9)10)27-30-60(43)72-61-24-20-23-56(62(61)71-64(72)57-41-55(68(11,12)13)42-58(63(57)73)69(14,15)16)50-34-48(44-21-18-17-19-22-44)35-51(36-50)59-39-47(31-32-70-59)45-25-28-52(29-26-45)65(2,3)4;/h17-35,37-42,73H,1-16H3;/q-1;/i25D,26D,28D,29D;. The minimum Gasteiger partial charge on any atom is -0.507 e. The maximum Gasteiger partial charge on any atom is 0.148 e. The second-order valence-electron chi connectivity index (χ2n) is 25.2. The molecule has 0 unspecified atom stereocenters. The van der Waals surface area contributed by atoms with Crippen LogP contribution in [-0.2, 0) is 48.1 Å². The zero-order valence-corrected chi connectivity index (χ0v) is 48.5. The molecule has 2 aromatic heterocycles. The van der Waals surface area contributed by atoms with Gasteiger partial charge in [-0.05, 0) is 120 Å². The Labute approximate surface area is 462 Å². The Hall–Kier alpha value is -6.35. The van der Waals surface area contributed by atoms with Crippen molar-refractivity contribution in [3.8, 4) is 78.6 Å². The average molecular weight is 1160 g/mol. The van der Waals surface area contributed by atoms with Crippen molar-refractivity contribution in [1.29, 1.82) is 0 Å². The first kappa shape index (κ1) is 48.6. The maximum absolute atomic E-state index is 12.6. The summed E-state index contributed by atoms with van der Waals surface area (Å²) in [7, 11) is 0. The summed E-state index contributed by atoms with van der Waals surface area (Å²) in [6.45, 7) is 34.5. The van der Waals surface area contributed by atoms with E-state index in [1.807, 2.05) is 45.0 Å². The van der Waals surface area contributed by atoms with Crippen molar-refractivity contribution in [1.82, 2.24) is 14.5 Å². The molecule has 9 rings (SSSR count). The van der Waals surface area contributed by atoms with Crippen molar-refractivity contribution in [3.63, 3.8) is 0 Å². The molecule has 0 bridgehead atoms. The number of aromatic hydroxyl groups is 1. The average Bonchev–Trinajstić information content (AvgIpc) is 3.82. The molecule has 0 atom stereocenters. The third kappa shape index (κ3) is 10.9. The quantitative estimate of drug-likeness (QED) is 0.162. The number of pyridine rings is 1. The topological polar surface area (TPSA) is 50.9 Å². The third-order valence-electron chi connectivity index (χ3n) is 14.1. The molecule has 4 nitrogen and oxygen atoms in total. The Morgan fingerprint density at radius 2 is 1.07 bits per heavy atom. The van der Waals surface area contributed by atoms with E-state index in [1.54, 1.807) is 12.3 Å². The van der Waals surface area contributed by atoms with E-state index < -0.39 is 5.41 Å². The number of rotatable bonds is 7. The van der Waals surface area contributed by atoms with Crippen molar-refractivity contribution in [3.05, 3.63) is 191 Å². The molecular weight excluding hydrogens is 1080 g/mol. The molecule has 0 spiro atoms. The van der Waals surface area contributed by atoms with Crippen molar-refractivity contribution < 1.29 is 31.7 Å². The van der Waals surface area contributed by atoms with Crippen molar-refractivity contribution in [2.24, 2.45) is 0 Å². The van der Waals surface area contributed by atoms with Crippen LogP contribution in [0.4, 0.5) is 0 Å². The molecule has 0 aliphatic heterocycles. The molecule has 74 heavy (non-hydrogen) atoms. The molecule has 0 radical (unpaired) electrons. The molecule has 0 saturated heterocycles. The predicted octanol–water partition coefficient (Wildman–Crippen LogP) is 18.7.